The lowest BCUT2D eigenvalue weighted by molar-refractivity contribution is -0.385. The number of hydrogen-bond donors (Lipinski definition) is 0. The number of ether oxygens (including phenoxy) is 3. The lowest BCUT2D eigenvalue weighted by Crippen LogP contribution is -2.10. The van der Waals surface area contributed by atoms with E-state index in [4.69, 9.17) is 14.2 Å². The Labute approximate surface area is 136 Å². The number of nitro benzene ring substituents is 1. The van der Waals surface area contributed by atoms with E-state index in [1.54, 1.807) is 6.92 Å². The van der Waals surface area contributed by atoms with Crippen LogP contribution in [-0.4, -0.2) is 24.6 Å². The Kier molecular flexibility index (Phi) is 5.31. The standard InChI is InChI=1S/C16H14FNO6/c1-3-23-13-7-4-10(8-15(13)22-2)16(19)24-14-9-11(17)5-6-12(14)18(20)21/h4-9H,3H2,1-2H3. The summed E-state index contributed by atoms with van der Waals surface area (Å²) in [6, 6.07) is 6.92. The Hall–Kier alpha value is -3.16. The summed E-state index contributed by atoms with van der Waals surface area (Å²) in [4.78, 5) is 22.3. The molecule has 0 radical (unpaired) electrons. The van der Waals surface area contributed by atoms with Crippen molar-refractivity contribution in [2.24, 2.45) is 0 Å². The molecule has 24 heavy (non-hydrogen) atoms. The van der Waals surface area contributed by atoms with Crippen LogP contribution in [-0.2, 0) is 0 Å². The van der Waals surface area contributed by atoms with Gasteiger partial charge in [0.2, 0.25) is 5.75 Å². The van der Waals surface area contributed by atoms with E-state index in [1.165, 1.54) is 25.3 Å². The van der Waals surface area contributed by atoms with Gasteiger partial charge in [0, 0.05) is 12.1 Å². The molecule has 0 aromatic heterocycles. The first-order valence-corrected chi connectivity index (χ1v) is 6.93. The first kappa shape index (κ1) is 17.2. The highest BCUT2D eigenvalue weighted by Crippen LogP contribution is 2.31. The normalized spacial score (nSPS) is 10.1. The van der Waals surface area contributed by atoms with Crippen molar-refractivity contribution in [1.82, 2.24) is 0 Å². The van der Waals surface area contributed by atoms with Gasteiger partial charge in [-0.3, -0.25) is 10.1 Å². The second-order valence-electron chi connectivity index (χ2n) is 4.56. The van der Waals surface area contributed by atoms with E-state index in [-0.39, 0.29) is 5.56 Å². The number of benzene rings is 2. The summed E-state index contributed by atoms with van der Waals surface area (Å²) >= 11 is 0. The van der Waals surface area contributed by atoms with Crippen molar-refractivity contribution in [2.45, 2.75) is 6.92 Å². The molecule has 2 aromatic rings. The molecule has 0 amide bonds. The third kappa shape index (κ3) is 3.78. The lowest BCUT2D eigenvalue weighted by atomic mass is 10.2. The van der Waals surface area contributed by atoms with Crippen LogP contribution < -0.4 is 14.2 Å². The van der Waals surface area contributed by atoms with Crippen molar-refractivity contribution in [2.75, 3.05) is 13.7 Å². The summed E-state index contributed by atoms with van der Waals surface area (Å²) in [6.07, 6.45) is 0. The van der Waals surface area contributed by atoms with Crippen molar-refractivity contribution in [3.63, 3.8) is 0 Å². The fraction of sp³-hybridized carbons (Fsp3) is 0.188. The Morgan fingerprint density at radius 2 is 1.92 bits per heavy atom. The minimum absolute atomic E-state index is 0.0777. The van der Waals surface area contributed by atoms with Gasteiger partial charge in [0.1, 0.15) is 5.82 Å². The minimum atomic E-state index is -0.884. The molecular formula is C16H14FNO6. The van der Waals surface area contributed by atoms with Crippen molar-refractivity contribution in [3.8, 4) is 17.2 Å². The smallest absolute Gasteiger partial charge is 0.343 e. The first-order chi connectivity index (χ1) is 11.5. The molecule has 0 aliphatic heterocycles. The predicted molar refractivity (Wildman–Crippen MR) is 82.2 cm³/mol. The zero-order valence-electron chi connectivity index (χ0n) is 12.9. The average Bonchev–Trinajstić information content (AvgIpc) is 2.55. The molecule has 0 bridgehead atoms. The number of halogens is 1. The number of nitro groups is 1. The SMILES string of the molecule is CCOc1ccc(C(=O)Oc2cc(F)ccc2[N+](=O)[O-])cc1OC. The number of methoxy groups -OCH3 is 1. The minimum Gasteiger partial charge on any atom is -0.493 e. The Morgan fingerprint density at radius 1 is 1.17 bits per heavy atom. The summed E-state index contributed by atoms with van der Waals surface area (Å²) in [5.74, 6) is -1.37. The second kappa shape index (κ2) is 7.40. The van der Waals surface area contributed by atoms with Crippen LogP contribution in [0.1, 0.15) is 17.3 Å². The van der Waals surface area contributed by atoms with Crippen LogP contribution in [0.5, 0.6) is 17.2 Å². The first-order valence-electron chi connectivity index (χ1n) is 6.93. The summed E-state index contributed by atoms with van der Waals surface area (Å²) in [7, 11) is 1.41. The topological polar surface area (TPSA) is 87.9 Å². The Balaban J connectivity index is 2.30. The zero-order valence-corrected chi connectivity index (χ0v) is 12.9. The molecule has 0 atom stereocenters. The molecule has 0 aliphatic carbocycles. The predicted octanol–water partition coefficient (Wildman–Crippen LogP) is 3.36. The van der Waals surface area contributed by atoms with Crippen molar-refractivity contribution < 1.29 is 28.3 Å². The van der Waals surface area contributed by atoms with Gasteiger partial charge in [-0.15, -0.1) is 0 Å². The molecule has 0 heterocycles. The van der Waals surface area contributed by atoms with E-state index in [0.29, 0.717) is 18.1 Å². The maximum atomic E-state index is 13.3. The number of esters is 1. The number of nitrogens with zero attached hydrogens (tertiary/aromatic N) is 1. The van der Waals surface area contributed by atoms with Gasteiger partial charge in [0.05, 0.1) is 24.2 Å². The van der Waals surface area contributed by atoms with Crippen LogP contribution in [0.15, 0.2) is 36.4 Å². The molecule has 0 saturated carbocycles. The van der Waals surface area contributed by atoms with Gasteiger partial charge >= 0.3 is 11.7 Å². The molecule has 2 aromatic carbocycles. The van der Waals surface area contributed by atoms with Crippen molar-refractivity contribution in [3.05, 3.63) is 57.9 Å². The third-order valence-electron chi connectivity index (χ3n) is 3.02. The highest BCUT2D eigenvalue weighted by atomic mass is 19.1. The molecular weight excluding hydrogens is 321 g/mol. The molecule has 0 fully saturated rings. The highest BCUT2D eigenvalue weighted by Gasteiger charge is 2.20. The molecule has 0 aliphatic rings. The molecule has 0 N–H and O–H groups in total. The van der Waals surface area contributed by atoms with Crippen molar-refractivity contribution in [1.29, 1.82) is 0 Å². The van der Waals surface area contributed by atoms with Gasteiger partial charge in [-0.25, -0.2) is 9.18 Å². The Morgan fingerprint density at radius 3 is 2.54 bits per heavy atom. The number of carbonyl (C=O) groups is 1. The van der Waals surface area contributed by atoms with E-state index in [2.05, 4.69) is 0 Å². The van der Waals surface area contributed by atoms with E-state index in [9.17, 15) is 19.3 Å². The van der Waals surface area contributed by atoms with Crippen LogP contribution in [0.25, 0.3) is 0 Å². The fourth-order valence-corrected chi connectivity index (χ4v) is 1.95. The zero-order chi connectivity index (χ0) is 17.7. The van der Waals surface area contributed by atoms with Crippen LogP contribution >= 0.6 is 0 Å². The van der Waals surface area contributed by atoms with Crippen molar-refractivity contribution >= 4 is 11.7 Å². The lowest BCUT2D eigenvalue weighted by Gasteiger charge is -2.11. The van der Waals surface area contributed by atoms with Gasteiger partial charge in [-0.05, 0) is 31.2 Å². The molecule has 2 rings (SSSR count). The number of carbonyl (C=O) groups excluding carboxylic acids is 1. The van der Waals surface area contributed by atoms with Gasteiger partial charge in [-0.2, -0.15) is 0 Å². The quantitative estimate of drug-likeness (QED) is 0.348. The molecule has 126 valence electrons. The van der Waals surface area contributed by atoms with E-state index < -0.39 is 28.1 Å². The van der Waals surface area contributed by atoms with Gasteiger partial charge < -0.3 is 14.2 Å². The van der Waals surface area contributed by atoms with Gasteiger partial charge in [0.15, 0.2) is 11.5 Å². The van der Waals surface area contributed by atoms with Gasteiger partial charge in [0.25, 0.3) is 0 Å². The van der Waals surface area contributed by atoms with Crippen LogP contribution in [0.2, 0.25) is 0 Å². The van der Waals surface area contributed by atoms with E-state index in [0.717, 1.165) is 18.2 Å². The summed E-state index contributed by atoms with van der Waals surface area (Å²) in [5.41, 5.74) is -0.434. The van der Waals surface area contributed by atoms with E-state index in [1.807, 2.05) is 0 Å². The fourth-order valence-electron chi connectivity index (χ4n) is 1.95. The maximum absolute atomic E-state index is 13.3. The maximum Gasteiger partial charge on any atom is 0.343 e. The van der Waals surface area contributed by atoms with Crippen LogP contribution in [0.3, 0.4) is 0 Å². The number of hydrogen-bond acceptors (Lipinski definition) is 6. The summed E-state index contributed by atoms with van der Waals surface area (Å²) in [6.45, 7) is 2.21. The summed E-state index contributed by atoms with van der Waals surface area (Å²) in [5, 5.41) is 10.9. The van der Waals surface area contributed by atoms with E-state index >= 15 is 0 Å². The molecule has 8 heteroatoms. The average molecular weight is 335 g/mol. The Bertz CT molecular complexity index is 777. The molecule has 0 saturated heterocycles. The third-order valence-corrected chi connectivity index (χ3v) is 3.02. The molecule has 7 nitrogen and oxygen atoms in total. The molecule has 0 spiro atoms. The molecule has 0 unspecified atom stereocenters. The monoisotopic (exact) mass is 335 g/mol. The number of rotatable bonds is 6. The summed E-state index contributed by atoms with van der Waals surface area (Å²) < 4.78 is 28.7. The van der Waals surface area contributed by atoms with Crippen LogP contribution in [0, 0.1) is 15.9 Å². The largest absolute Gasteiger partial charge is 0.493 e. The van der Waals surface area contributed by atoms with Gasteiger partial charge in [-0.1, -0.05) is 0 Å². The second-order valence-corrected chi connectivity index (χ2v) is 4.56. The van der Waals surface area contributed by atoms with Crippen LogP contribution in [0.4, 0.5) is 10.1 Å². The highest BCUT2D eigenvalue weighted by molar-refractivity contribution is 5.92.